The van der Waals surface area contributed by atoms with Gasteiger partial charge < -0.3 is 15.0 Å². The van der Waals surface area contributed by atoms with Crippen molar-refractivity contribution < 1.29 is 13.2 Å². The Morgan fingerprint density at radius 1 is 1.32 bits per heavy atom. The lowest BCUT2D eigenvalue weighted by Crippen LogP contribution is -2.33. The van der Waals surface area contributed by atoms with Crippen LogP contribution in [0.1, 0.15) is 6.42 Å². The topological polar surface area (TPSA) is 83.6 Å². The zero-order valence-corrected chi connectivity index (χ0v) is 18.6. The van der Waals surface area contributed by atoms with Crippen LogP contribution >= 0.6 is 11.3 Å². The number of sulfonamides is 1. The normalized spacial score (nSPS) is 17.0. The van der Waals surface area contributed by atoms with Gasteiger partial charge in [0.05, 0.1) is 17.1 Å². The summed E-state index contributed by atoms with van der Waals surface area (Å²) in [6.45, 7) is 10.8. The highest BCUT2D eigenvalue weighted by molar-refractivity contribution is 7.93. The molecule has 2 aliphatic heterocycles. The Labute approximate surface area is 186 Å². The zero-order valence-electron chi connectivity index (χ0n) is 17.0. The first-order valence-electron chi connectivity index (χ1n) is 9.89. The molecular weight excluding hydrogens is 432 g/mol. The molecule has 9 heteroatoms. The maximum absolute atomic E-state index is 12.8. The van der Waals surface area contributed by atoms with Crippen LogP contribution in [0.3, 0.4) is 0 Å². The van der Waals surface area contributed by atoms with Crippen LogP contribution in [0.2, 0.25) is 0 Å². The molecule has 2 aromatic rings. The largest absolute Gasteiger partial charge is 0.489 e. The van der Waals surface area contributed by atoms with Crippen LogP contribution in [0.5, 0.6) is 5.75 Å². The molecule has 0 atom stereocenters. The van der Waals surface area contributed by atoms with Gasteiger partial charge in [-0.05, 0) is 36.7 Å². The molecule has 2 N–H and O–H groups in total. The fourth-order valence-corrected chi connectivity index (χ4v) is 5.50. The fourth-order valence-electron chi connectivity index (χ4n) is 3.70. The number of hydrogen-bond acceptors (Lipinski definition) is 7. The SMILES string of the molecule is C=C/C(C1=CCNCC1)=C(\C=C)N1CCOc2cc(S(=O)(=O)Nc3nccs3)ccc21. The van der Waals surface area contributed by atoms with Gasteiger partial charge in [-0.3, -0.25) is 4.72 Å². The van der Waals surface area contributed by atoms with Crippen molar-refractivity contribution >= 4 is 32.2 Å². The lowest BCUT2D eigenvalue weighted by Gasteiger charge is -2.34. The van der Waals surface area contributed by atoms with E-state index in [0.29, 0.717) is 24.0 Å². The van der Waals surface area contributed by atoms with Gasteiger partial charge in [0.1, 0.15) is 12.4 Å². The Hall–Kier alpha value is -2.88. The van der Waals surface area contributed by atoms with Crippen molar-refractivity contribution in [3.8, 4) is 5.75 Å². The molecule has 1 aromatic carbocycles. The van der Waals surface area contributed by atoms with Crippen LogP contribution in [0.4, 0.5) is 10.8 Å². The maximum Gasteiger partial charge on any atom is 0.263 e. The van der Waals surface area contributed by atoms with E-state index in [0.717, 1.165) is 36.5 Å². The molecule has 0 radical (unpaired) electrons. The van der Waals surface area contributed by atoms with Crippen molar-refractivity contribution in [3.63, 3.8) is 0 Å². The minimum atomic E-state index is -3.76. The van der Waals surface area contributed by atoms with Gasteiger partial charge >= 0.3 is 0 Å². The molecule has 1 aromatic heterocycles. The highest BCUT2D eigenvalue weighted by Gasteiger charge is 2.25. The number of aromatic nitrogens is 1. The van der Waals surface area contributed by atoms with Gasteiger partial charge in [0, 0.05) is 35.5 Å². The number of thiazole rings is 1. The Balaban J connectivity index is 1.71. The van der Waals surface area contributed by atoms with Crippen LogP contribution in [0.25, 0.3) is 0 Å². The Morgan fingerprint density at radius 2 is 2.19 bits per heavy atom. The minimum absolute atomic E-state index is 0.123. The lowest BCUT2D eigenvalue weighted by molar-refractivity contribution is 0.311. The number of fused-ring (bicyclic) bond motifs is 1. The van der Waals surface area contributed by atoms with E-state index in [1.54, 1.807) is 29.8 Å². The second kappa shape index (κ2) is 9.09. The summed E-state index contributed by atoms with van der Waals surface area (Å²) in [4.78, 5) is 6.22. The third kappa shape index (κ3) is 4.43. The lowest BCUT2D eigenvalue weighted by atomic mass is 9.97. The van der Waals surface area contributed by atoms with Gasteiger partial charge in [-0.15, -0.1) is 11.3 Å². The number of anilines is 2. The van der Waals surface area contributed by atoms with Gasteiger partial charge in [0.25, 0.3) is 10.0 Å². The Kier molecular flexibility index (Phi) is 6.26. The van der Waals surface area contributed by atoms with Crippen molar-refractivity contribution in [2.45, 2.75) is 11.3 Å². The number of nitrogens with one attached hydrogen (secondary N) is 2. The van der Waals surface area contributed by atoms with E-state index < -0.39 is 10.0 Å². The highest BCUT2D eigenvalue weighted by Crippen LogP contribution is 2.38. The summed E-state index contributed by atoms with van der Waals surface area (Å²) in [6, 6.07) is 4.90. The molecule has 7 nitrogen and oxygen atoms in total. The van der Waals surface area contributed by atoms with Crippen molar-refractivity contribution in [2.24, 2.45) is 0 Å². The molecule has 162 valence electrons. The monoisotopic (exact) mass is 456 g/mol. The maximum atomic E-state index is 12.8. The average Bonchev–Trinajstić information content (AvgIpc) is 3.29. The van der Waals surface area contributed by atoms with Gasteiger partial charge in [0.2, 0.25) is 0 Å². The summed E-state index contributed by atoms with van der Waals surface area (Å²) in [5.74, 6) is 0.510. The molecular formula is C22H24N4O3S2. The number of hydrogen-bond donors (Lipinski definition) is 2. The van der Waals surface area contributed by atoms with Crippen LogP contribution in [-0.4, -0.2) is 39.6 Å². The van der Waals surface area contributed by atoms with E-state index in [4.69, 9.17) is 4.74 Å². The van der Waals surface area contributed by atoms with Crippen LogP contribution in [0, 0.1) is 0 Å². The summed E-state index contributed by atoms with van der Waals surface area (Å²) in [6.07, 6.45) is 8.32. The predicted molar refractivity (Wildman–Crippen MR) is 125 cm³/mol. The van der Waals surface area contributed by atoms with E-state index in [1.165, 1.54) is 16.9 Å². The van der Waals surface area contributed by atoms with Gasteiger partial charge in [-0.2, -0.15) is 0 Å². The third-order valence-corrected chi connectivity index (χ3v) is 7.29. The van der Waals surface area contributed by atoms with Crippen molar-refractivity contribution in [1.29, 1.82) is 0 Å². The van der Waals surface area contributed by atoms with Crippen molar-refractivity contribution in [1.82, 2.24) is 10.3 Å². The summed E-state index contributed by atoms with van der Waals surface area (Å²) >= 11 is 1.22. The van der Waals surface area contributed by atoms with Crippen molar-refractivity contribution in [2.75, 3.05) is 35.9 Å². The van der Waals surface area contributed by atoms with Gasteiger partial charge in [-0.25, -0.2) is 13.4 Å². The summed E-state index contributed by atoms with van der Waals surface area (Å²) in [5, 5.41) is 5.36. The van der Waals surface area contributed by atoms with Crippen LogP contribution in [-0.2, 0) is 10.0 Å². The molecule has 0 saturated heterocycles. The first kappa shape index (κ1) is 21.4. The van der Waals surface area contributed by atoms with E-state index in [-0.39, 0.29) is 4.90 Å². The minimum Gasteiger partial charge on any atom is -0.489 e. The van der Waals surface area contributed by atoms with Crippen LogP contribution in [0.15, 0.2) is 82.9 Å². The van der Waals surface area contributed by atoms with Crippen LogP contribution < -0.4 is 19.7 Å². The molecule has 4 rings (SSSR count). The molecule has 31 heavy (non-hydrogen) atoms. The standard InChI is InChI=1S/C22H24N4O3S2/c1-3-18(16-7-9-23-10-8-16)19(4-2)26-12-13-29-21-15-17(5-6-20(21)26)31(27,28)25-22-24-11-14-30-22/h3-7,11,14-15,23H,1-2,8-10,12-13H2,(H,24,25)/b19-18-. The molecule has 0 saturated carbocycles. The third-order valence-electron chi connectivity index (χ3n) is 5.13. The number of rotatable bonds is 7. The molecule has 0 spiro atoms. The zero-order chi connectivity index (χ0) is 21.8. The van der Waals surface area contributed by atoms with E-state index in [2.05, 4.69) is 39.2 Å². The smallest absolute Gasteiger partial charge is 0.263 e. The van der Waals surface area contributed by atoms with Gasteiger partial charge in [-0.1, -0.05) is 25.3 Å². The first-order chi connectivity index (χ1) is 15.0. The van der Waals surface area contributed by atoms with E-state index in [1.807, 2.05) is 12.2 Å². The molecule has 0 aliphatic carbocycles. The number of nitrogens with zero attached hydrogens (tertiary/aromatic N) is 2. The van der Waals surface area contributed by atoms with Crippen molar-refractivity contribution in [3.05, 3.63) is 78.0 Å². The quantitative estimate of drug-likeness (QED) is 0.619. The number of benzene rings is 1. The molecule has 0 fully saturated rings. The second-order valence-corrected chi connectivity index (χ2v) is 9.54. The Morgan fingerprint density at radius 3 is 2.87 bits per heavy atom. The summed E-state index contributed by atoms with van der Waals surface area (Å²) in [5.41, 5.74) is 3.99. The number of allylic oxidation sites excluding steroid dienone is 3. The van der Waals surface area contributed by atoms with Gasteiger partial charge in [0.15, 0.2) is 5.13 Å². The summed E-state index contributed by atoms with van der Waals surface area (Å²) in [7, 11) is -3.76. The molecule has 0 unspecified atom stereocenters. The number of ether oxygens (including phenoxy) is 1. The molecule has 3 heterocycles. The molecule has 0 amide bonds. The molecule has 2 aliphatic rings. The van der Waals surface area contributed by atoms with E-state index >= 15 is 0 Å². The summed E-state index contributed by atoms with van der Waals surface area (Å²) < 4.78 is 33.8. The van der Waals surface area contributed by atoms with E-state index in [9.17, 15) is 8.42 Å². The predicted octanol–water partition coefficient (Wildman–Crippen LogP) is 3.69. The highest BCUT2D eigenvalue weighted by atomic mass is 32.2. The average molecular weight is 457 g/mol. The Bertz CT molecular complexity index is 1150. The molecule has 0 bridgehead atoms. The first-order valence-corrected chi connectivity index (χ1v) is 12.3. The second-order valence-electron chi connectivity index (χ2n) is 6.96. The fraction of sp³-hybridized carbons (Fsp3) is 0.227.